The molecule has 19 aromatic rings. The third kappa shape index (κ3) is 9.54. The molecule has 0 radical (unpaired) electrons. The van der Waals surface area contributed by atoms with Crippen molar-refractivity contribution in [1.29, 1.82) is 0 Å². The van der Waals surface area contributed by atoms with E-state index in [1.165, 1.54) is 193 Å². The van der Waals surface area contributed by atoms with Gasteiger partial charge in [0.15, 0.2) is 0 Å². The van der Waals surface area contributed by atoms with Crippen molar-refractivity contribution in [2.45, 2.75) is 124 Å². The second-order valence-corrected chi connectivity index (χ2v) is 37.2. The van der Waals surface area contributed by atoms with E-state index in [0.29, 0.717) is 0 Å². The van der Waals surface area contributed by atoms with Crippen LogP contribution < -0.4 is 0 Å². The van der Waals surface area contributed by atoms with Crippen LogP contribution in [0.25, 0.3) is 166 Å². The maximum absolute atomic E-state index is 2.61. The van der Waals surface area contributed by atoms with Crippen LogP contribution in [0.3, 0.4) is 0 Å². The van der Waals surface area contributed by atoms with Crippen LogP contribution in [0.4, 0.5) is 0 Å². The molecule has 1 unspecified atom stereocenters. The summed E-state index contributed by atoms with van der Waals surface area (Å²) in [6.45, 7) is 32.2. The molecular weight excluding hydrogens is 1390 g/mol. The van der Waals surface area contributed by atoms with E-state index in [1.807, 2.05) is 0 Å². The number of hydrogen-bond donors (Lipinski definition) is 0. The Bertz CT molecular complexity index is 7360. The van der Waals surface area contributed by atoms with Crippen molar-refractivity contribution in [1.82, 2.24) is 18.3 Å². The highest BCUT2D eigenvalue weighted by atomic mass is 15.0. The Morgan fingerprint density at radius 2 is 0.583 bits per heavy atom. The van der Waals surface area contributed by atoms with Gasteiger partial charge in [0, 0.05) is 76.7 Å². The first-order chi connectivity index (χ1) is 55.4. The van der Waals surface area contributed by atoms with Crippen molar-refractivity contribution in [2.75, 3.05) is 0 Å². The Hall–Kier alpha value is -12.5. The number of hydrogen-bond acceptors (Lipinski definition) is 0. The van der Waals surface area contributed by atoms with Gasteiger partial charge < -0.3 is 18.3 Å². The number of para-hydroxylation sites is 4. The fourth-order valence-electron chi connectivity index (χ4n) is 22.0. The first-order valence-corrected chi connectivity index (χ1v) is 41.4. The predicted molar refractivity (Wildman–Crippen MR) is 487 cm³/mol. The summed E-state index contributed by atoms with van der Waals surface area (Å²) in [5.74, 6) is 0. The lowest BCUT2D eigenvalue weighted by Gasteiger charge is -2.47. The van der Waals surface area contributed by atoms with Crippen molar-refractivity contribution in [3.8, 4) is 78.4 Å². The van der Waals surface area contributed by atoms with Gasteiger partial charge in [-0.15, -0.1) is 0 Å². The molecule has 0 aliphatic heterocycles. The van der Waals surface area contributed by atoms with Crippen molar-refractivity contribution in [3.63, 3.8) is 0 Å². The lowest BCUT2D eigenvalue weighted by molar-refractivity contribution is 0.111. The highest BCUT2D eigenvalue weighted by Crippen LogP contribution is 2.65. The molecule has 0 saturated heterocycles. The van der Waals surface area contributed by atoms with Gasteiger partial charge in [-0.1, -0.05) is 272 Å². The van der Waals surface area contributed by atoms with Gasteiger partial charge in [0.25, 0.3) is 0 Å². The molecule has 558 valence electrons. The van der Waals surface area contributed by atoms with Crippen molar-refractivity contribution >= 4 is 87.2 Å². The molecule has 3 aliphatic carbocycles. The Kier molecular flexibility index (Phi) is 14.5. The van der Waals surface area contributed by atoms with Gasteiger partial charge in [-0.2, -0.15) is 0 Å². The summed E-state index contributed by atoms with van der Waals surface area (Å²) in [5, 5.41) is 10.1. The first-order valence-electron chi connectivity index (χ1n) is 41.4. The summed E-state index contributed by atoms with van der Waals surface area (Å²) >= 11 is 0. The monoisotopic (exact) mass is 1480 g/mol. The molecule has 3 aliphatic rings. The molecule has 4 heteroatoms. The van der Waals surface area contributed by atoms with Crippen molar-refractivity contribution in [3.05, 3.63) is 360 Å². The van der Waals surface area contributed by atoms with Gasteiger partial charge in [0.2, 0.25) is 0 Å². The maximum Gasteiger partial charge on any atom is 0.0544 e. The molecule has 0 spiro atoms. The Balaban J connectivity index is 0.638. The van der Waals surface area contributed by atoms with Gasteiger partial charge in [-0.25, -0.2) is 0 Å². The van der Waals surface area contributed by atoms with Gasteiger partial charge >= 0.3 is 0 Å². The fourth-order valence-corrected chi connectivity index (χ4v) is 22.0. The molecule has 4 heterocycles. The molecular formula is C111H94N4. The quantitative estimate of drug-likeness (QED) is 0.130. The molecule has 0 fully saturated rings. The highest BCUT2D eigenvalue weighted by molar-refractivity contribution is 6.16. The van der Waals surface area contributed by atoms with Crippen LogP contribution in [0, 0.1) is 10.8 Å². The topological polar surface area (TPSA) is 19.7 Å². The van der Waals surface area contributed by atoms with Crippen LogP contribution in [-0.4, -0.2) is 18.3 Å². The smallest absolute Gasteiger partial charge is 0.0544 e. The molecule has 115 heavy (non-hydrogen) atoms. The summed E-state index contributed by atoms with van der Waals surface area (Å²) in [4.78, 5) is 0. The first kappa shape index (κ1) is 69.2. The predicted octanol–water partition coefficient (Wildman–Crippen LogP) is 29.5. The summed E-state index contributed by atoms with van der Waals surface area (Å²) < 4.78 is 10.0. The lowest BCUT2D eigenvalue weighted by Crippen LogP contribution is -2.45. The van der Waals surface area contributed by atoms with E-state index in [-0.39, 0.29) is 37.9 Å². The molecule has 22 rings (SSSR count). The average molecular weight is 1480 g/mol. The molecule has 1 atom stereocenters. The van der Waals surface area contributed by atoms with E-state index in [1.54, 1.807) is 0 Å². The Morgan fingerprint density at radius 3 is 1.12 bits per heavy atom. The van der Waals surface area contributed by atoms with Crippen LogP contribution >= 0.6 is 0 Å². The summed E-state index contributed by atoms with van der Waals surface area (Å²) in [6.07, 6.45) is 0.863. The standard InChI is InChI=1S/C111H94N4/c1-105(2)91-41-26-23-38-81(91)82-49-48-79(62-92(82)105)114-97-42-27-24-39-83(97)85-58-71(44-50-99(85)114)74-47-53-102-88(61-74)90-64-94-96(66-104(90)113(102)78-36-21-16-22-37-78)111(13,110(11,12)108(94,7)8)67-68-30-29-33-70(54-68)76-55-75(69-31-17-14-18-32-69)56-80(57-76)115-98-43-28-25-40-84(98)86-59-72(45-51-100(86)115)73-46-52-101-87(60-73)89-63-93-95(107(5,6)109(9,10)106(93,3)4)65-103(89)112(101)77-34-19-15-20-35-77/h14-66H,67H2,1-13H3. The highest BCUT2D eigenvalue weighted by Gasteiger charge is 2.60. The molecule has 4 aromatic heterocycles. The Morgan fingerprint density at radius 1 is 0.200 bits per heavy atom. The zero-order valence-electron chi connectivity index (χ0n) is 68.1. The van der Waals surface area contributed by atoms with Crippen LogP contribution in [0.1, 0.15) is 129 Å². The number of nitrogens with zero attached hydrogens (tertiary/aromatic N) is 4. The summed E-state index contributed by atoms with van der Waals surface area (Å²) in [7, 11) is 0. The minimum Gasteiger partial charge on any atom is -0.309 e. The minimum atomic E-state index is -0.269. The van der Waals surface area contributed by atoms with Gasteiger partial charge in [-0.05, 0) is 268 Å². The summed E-state index contributed by atoms with van der Waals surface area (Å²) in [6, 6.07) is 123. The van der Waals surface area contributed by atoms with Crippen molar-refractivity contribution in [2.24, 2.45) is 10.8 Å². The second-order valence-electron chi connectivity index (χ2n) is 37.2. The van der Waals surface area contributed by atoms with Crippen LogP contribution in [0.5, 0.6) is 0 Å². The van der Waals surface area contributed by atoms with Crippen LogP contribution in [-0.2, 0) is 33.5 Å². The second kappa shape index (κ2) is 24.0. The van der Waals surface area contributed by atoms with Crippen LogP contribution in [0.2, 0.25) is 0 Å². The number of benzene rings is 15. The Labute approximate surface area is 674 Å². The van der Waals surface area contributed by atoms with E-state index in [2.05, 4.69) is 430 Å². The van der Waals surface area contributed by atoms with Gasteiger partial charge in [-0.3, -0.25) is 0 Å². The normalized spacial score (nSPS) is 17.2. The largest absolute Gasteiger partial charge is 0.309 e. The molecule has 4 nitrogen and oxygen atoms in total. The fraction of sp³-hybridized carbons (Fsp3) is 0.189. The molecule has 0 saturated carbocycles. The number of fused-ring (bicyclic) bond motifs is 17. The zero-order valence-corrected chi connectivity index (χ0v) is 68.1. The van der Waals surface area contributed by atoms with Gasteiger partial charge in [0.05, 0.1) is 44.1 Å². The SMILES string of the molecule is CC1(C)c2ccccc2-c2ccc(-n3c4ccccc4c4cc(-c5ccc6c(c5)c5cc7c(cc5n6-c5ccccc5)C(C)(Cc5cccc(-c6cc(-c8ccccc8)cc(-n8c9ccccc9c9cc(-c%10ccc%11c(c%10)c%10cc%12c(cc%10n%11-c%10ccccc%10)C(C)(C)C(C)(C)C%12(C)C)ccc98)c6)c5)C(C)(C)C7(C)C)ccc43)cc21. The lowest BCUT2D eigenvalue weighted by atomic mass is 9.57. The van der Waals surface area contributed by atoms with E-state index < -0.39 is 0 Å². The third-order valence-corrected chi connectivity index (χ3v) is 30.5. The van der Waals surface area contributed by atoms with E-state index in [0.717, 1.165) is 17.8 Å². The third-order valence-electron chi connectivity index (χ3n) is 30.5. The maximum atomic E-state index is 2.61. The van der Waals surface area contributed by atoms with E-state index >= 15 is 0 Å². The summed E-state index contributed by atoms with van der Waals surface area (Å²) in [5.41, 5.74) is 35.8. The molecule has 15 aromatic carbocycles. The number of aromatic nitrogens is 4. The molecule has 0 N–H and O–H groups in total. The zero-order chi connectivity index (χ0) is 78.4. The number of rotatable bonds is 10. The van der Waals surface area contributed by atoms with E-state index in [4.69, 9.17) is 0 Å². The van der Waals surface area contributed by atoms with Crippen LogP contribution in [0.15, 0.2) is 322 Å². The van der Waals surface area contributed by atoms with Crippen molar-refractivity contribution < 1.29 is 0 Å². The minimum absolute atomic E-state index is 0.0205. The van der Waals surface area contributed by atoms with Gasteiger partial charge in [0.1, 0.15) is 0 Å². The average Bonchev–Trinajstić information content (AvgIpc) is 1.51. The molecule has 0 bridgehead atoms. The van der Waals surface area contributed by atoms with E-state index in [9.17, 15) is 0 Å². The molecule has 0 amide bonds.